The molecule has 1 unspecified atom stereocenters. The summed E-state index contributed by atoms with van der Waals surface area (Å²) in [6, 6.07) is 11.9. The second kappa shape index (κ2) is 10.1. The van der Waals surface area contributed by atoms with Gasteiger partial charge in [-0.2, -0.15) is 0 Å². The largest absolute Gasteiger partial charge is 0.508 e. The van der Waals surface area contributed by atoms with Crippen molar-refractivity contribution in [2.75, 3.05) is 33.0 Å². The highest BCUT2D eigenvalue weighted by Gasteiger charge is 2.46. The third-order valence-corrected chi connectivity index (χ3v) is 4.88. The number of carbonyl (C=O) groups is 2. The molecule has 0 bridgehead atoms. The molecule has 0 radical (unpaired) electrons. The maximum Gasteiger partial charge on any atom is 0.295 e. The fraction of sp³-hybridized carbons (Fsp3) is 0.304. The molecule has 3 N–H and O–H groups in total. The molecule has 1 atom stereocenters. The van der Waals surface area contributed by atoms with Crippen LogP contribution in [0.5, 0.6) is 11.5 Å². The Morgan fingerprint density at radius 3 is 2.48 bits per heavy atom. The van der Waals surface area contributed by atoms with E-state index in [2.05, 4.69) is 0 Å². The predicted octanol–water partition coefficient (Wildman–Crippen LogP) is 2.22. The summed E-state index contributed by atoms with van der Waals surface area (Å²) in [6.45, 7) is 2.47. The third-order valence-electron chi connectivity index (χ3n) is 4.88. The van der Waals surface area contributed by atoms with Gasteiger partial charge in [0, 0.05) is 12.1 Å². The van der Waals surface area contributed by atoms with Crippen LogP contribution in [0.25, 0.3) is 5.76 Å². The topological polar surface area (TPSA) is 117 Å². The molecule has 1 amide bonds. The van der Waals surface area contributed by atoms with Gasteiger partial charge in [0.25, 0.3) is 11.7 Å². The molecule has 1 saturated heterocycles. The molecule has 1 fully saturated rings. The van der Waals surface area contributed by atoms with Crippen LogP contribution in [0.4, 0.5) is 0 Å². The van der Waals surface area contributed by atoms with Gasteiger partial charge in [-0.25, -0.2) is 0 Å². The smallest absolute Gasteiger partial charge is 0.295 e. The lowest BCUT2D eigenvalue weighted by molar-refractivity contribution is -0.140. The Balaban J connectivity index is 2.03. The summed E-state index contributed by atoms with van der Waals surface area (Å²) in [5.41, 5.74) is 0.777. The summed E-state index contributed by atoms with van der Waals surface area (Å²) < 4.78 is 10.7. The van der Waals surface area contributed by atoms with Crippen LogP contribution in [0.2, 0.25) is 0 Å². The van der Waals surface area contributed by atoms with E-state index in [1.165, 1.54) is 17.0 Å². The van der Waals surface area contributed by atoms with E-state index in [1.807, 2.05) is 6.92 Å². The maximum atomic E-state index is 12.9. The second-order valence-electron chi connectivity index (χ2n) is 6.88. The molecule has 0 aromatic heterocycles. The minimum atomic E-state index is -0.892. The molecule has 164 valence electrons. The number of hydrogen-bond donors (Lipinski definition) is 3. The molecule has 1 aliphatic rings. The van der Waals surface area contributed by atoms with Crippen molar-refractivity contribution in [3.05, 3.63) is 65.2 Å². The van der Waals surface area contributed by atoms with Crippen molar-refractivity contribution in [1.82, 2.24) is 4.90 Å². The van der Waals surface area contributed by atoms with Crippen LogP contribution in [0.3, 0.4) is 0 Å². The molecule has 3 rings (SSSR count). The molecule has 1 heterocycles. The number of benzene rings is 2. The number of rotatable bonds is 9. The van der Waals surface area contributed by atoms with Gasteiger partial charge in [0.15, 0.2) is 0 Å². The summed E-state index contributed by atoms with van der Waals surface area (Å²) in [5.74, 6) is -1.31. The number of phenols is 1. The molecule has 8 nitrogen and oxygen atoms in total. The Kier molecular flexibility index (Phi) is 7.28. The zero-order chi connectivity index (χ0) is 22.4. The minimum Gasteiger partial charge on any atom is -0.508 e. The van der Waals surface area contributed by atoms with Crippen molar-refractivity contribution in [2.45, 2.75) is 13.0 Å². The molecule has 2 aromatic rings. The highest BCUT2D eigenvalue weighted by atomic mass is 16.5. The summed E-state index contributed by atoms with van der Waals surface area (Å²) in [5, 5.41) is 29.8. The number of ether oxygens (including phenoxy) is 2. The Bertz CT molecular complexity index is 968. The van der Waals surface area contributed by atoms with Gasteiger partial charge >= 0.3 is 0 Å². The third kappa shape index (κ3) is 4.87. The molecule has 1 aliphatic heterocycles. The number of likely N-dealkylation sites (tertiary alicyclic amines) is 1. The van der Waals surface area contributed by atoms with Gasteiger partial charge in [0.1, 0.15) is 17.3 Å². The zero-order valence-electron chi connectivity index (χ0n) is 17.2. The van der Waals surface area contributed by atoms with Gasteiger partial charge in [0.05, 0.1) is 38.0 Å². The van der Waals surface area contributed by atoms with Crippen molar-refractivity contribution < 1.29 is 34.4 Å². The highest BCUT2D eigenvalue weighted by molar-refractivity contribution is 6.46. The predicted molar refractivity (Wildman–Crippen MR) is 113 cm³/mol. The van der Waals surface area contributed by atoms with Gasteiger partial charge in [-0.15, -0.1) is 0 Å². The first-order valence-electron chi connectivity index (χ1n) is 9.97. The Morgan fingerprint density at radius 2 is 1.84 bits per heavy atom. The van der Waals surface area contributed by atoms with Gasteiger partial charge in [-0.05, 0) is 48.9 Å². The SMILES string of the molecule is CCOc1ccc(/C(O)=C2\C(=O)C(=O)N(CCOCCO)C2c2cccc(O)c2)cc1. The summed E-state index contributed by atoms with van der Waals surface area (Å²) >= 11 is 0. The first kappa shape index (κ1) is 22.3. The van der Waals surface area contributed by atoms with Crippen molar-refractivity contribution in [2.24, 2.45) is 0 Å². The quantitative estimate of drug-likeness (QED) is 0.243. The molecule has 0 aliphatic carbocycles. The average Bonchev–Trinajstić information content (AvgIpc) is 3.02. The van der Waals surface area contributed by atoms with Crippen molar-refractivity contribution in [3.8, 4) is 11.5 Å². The van der Waals surface area contributed by atoms with Gasteiger partial charge in [-0.3, -0.25) is 9.59 Å². The number of carbonyl (C=O) groups excluding carboxylic acids is 2. The number of aliphatic hydroxyl groups excluding tert-OH is 2. The van der Waals surface area contributed by atoms with E-state index < -0.39 is 17.7 Å². The molecular weight excluding hydrogens is 402 g/mol. The summed E-state index contributed by atoms with van der Waals surface area (Å²) in [7, 11) is 0. The summed E-state index contributed by atoms with van der Waals surface area (Å²) in [6.07, 6.45) is 0. The normalized spacial score (nSPS) is 17.9. The fourth-order valence-corrected chi connectivity index (χ4v) is 3.51. The number of phenolic OH excluding ortho intramolecular Hbond substituents is 1. The number of ketones is 1. The van der Waals surface area contributed by atoms with Crippen LogP contribution in [-0.2, 0) is 14.3 Å². The fourth-order valence-electron chi connectivity index (χ4n) is 3.51. The lowest BCUT2D eigenvalue weighted by atomic mass is 9.95. The molecule has 0 saturated carbocycles. The van der Waals surface area contributed by atoms with E-state index in [1.54, 1.807) is 36.4 Å². The van der Waals surface area contributed by atoms with Crippen molar-refractivity contribution in [1.29, 1.82) is 0 Å². The number of nitrogens with zero attached hydrogens (tertiary/aromatic N) is 1. The maximum absolute atomic E-state index is 12.9. The lowest BCUT2D eigenvalue weighted by Crippen LogP contribution is -2.33. The lowest BCUT2D eigenvalue weighted by Gasteiger charge is -2.25. The number of hydrogen-bond acceptors (Lipinski definition) is 7. The number of aromatic hydroxyl groups is 1. The van der Waals surface area contributed by atoms with Crippen molar-refractivity contribution in [3.63, 3.8) is 0 Å². The molecule has 8 heteroatoms. The molecule has 31 heavy (non-hydrogen) atoms. The monoisotopic (exact) mass is 427 g/mol. The van der Waals surface area contributed by atoms with Crippen LogP contribution in [-0.4, -0.2) is 64.9 Å². The second-order valence-corrected chi connectivity index (χ2v) is 6.88. The molecule has 0 spiro atoms. The van der Waals surface area contributed by atoms with Crippen LogP contribution in [0.15, 0.2) is 54.1 Å². The van der Waals surface area contributed by atoms with E-state index in [4.69, 9.17) is 14.6 Å². The van der Waals surface area contributed by atoms with Crippen LogP contribution in [0, 0.1) is 0 Å². The Labute approximate surface area is 180 Å². The van der Waals surface area contributed by atoms with E-state index >= 15 is 0 Å². The standard InChI is InChI=1S/C23H25NO7/c1-2-31-18-8-6-15(7-9-18)21(27)19-20(16-4-3-5-17(26)14-16)24(23(29)22(19)28)10-12-30-13-11-25/h3-9,14,20,25-27H,2,10-13H2,1H3/b21-19+. The average molecular weight is 427 g/mol. The Morgan fingerprint density at radius 1 is 1.10 bits per heavy atom. The summed E-state index contributed by atoms with van der Waals surface area (Å²) in [4.78, 5) is 26.9. The first-order chi connectivity index (χ1) is 15.0. The van der Waals surface area contributed by atoms with Crippen LogP contribution in [0.1, 0.15) is 24.1 Å². The van der Waals surface area contributed by atoms with Crippen LogP contribution < -0.4 is 4.74 Å². The van der Waals surface area contributed by atoms with Gasteiger partial charge in [-0.1, -0.05) is 12.1 Å². The molecule has 2 aromatic carbocycles. The van der Waals surface area contributed by atoms with E-state index in [0.717, 1.165) is 0 Å². The number of aliphatic hydroxyl groups is 2. The van der Waals surface area contributed by atoms with Gasteiger partial charge < -0.3 is 29.7 Å². The zero-order valence-corrected chi connectivity index (χ0v) is 17.2. The van der Waals surface area contributed by atoms with E-state index in [9.17, 15) is 19.8 Å². The minimum absolute atomic E-state index is 0.0271. The molecular formula is C23H25NO7. The number of amides is 1. The van der Waals surface area contributed by atoms with Gasteiger partial charge in [0.2, 0.25) is 0 Å². The van der Waals surface area contributed by atoms with E-state index in [-0.39, 0.29) is 43.4 Å². The van der Waals surface area contributed by atoms with Crippen LogP contribution >= 0.6 is 0 Å². The number of Topliss-reactive ketones (excluding diaryl/α,β-unsaturated/α-hetero) is 1. The Hall–Kier alpha value is -3.36. The van der Waals surface area contributed by atoms with Crippen molar-refractivity contribution >= 4 is 17.4 Å². The van der Waals surface area contributed by atoms with E-state index in [0.29, 0.717) is 23.5 Å². The highest BCUT2D eigenvalue weighted by Crippen LogP contribution is 2.40. The first-order valence-corrected chi connectivity index (χ1v) is 9.97.